The standard InChI is InChI=1S/C23H20N4O4S/c1-13-10-16(14(2)27(13)22-24-8-9-32-22)17(28)12-26-20(29)23(3,25-21(26)30)19-11-15-6-4-5-7-18(15)31-19/h4-11H,12H2,1-3H3,(H,25,30). The van der Waals surface area contributed by atoms with Crippen molar-refractivity contribution in [3.8, 4) is 5.13 Å². The van der Waals surface area contributed by atoms with Gasteiger partial charge in [-0.2, -0.15) is 0 Å². The fraction of sp³-hybridized carbons (Fsp3) is 0.217. The predicted molar refractivity (Wildman–Crippen MR) is 119 cm³/mol. The quantitative estimate of drug-likeness (QED) is 0.368. The number of thiazole rings is 1. The second-order valence-corrected chi connectivity index (χ2v) is 8.83. The molecule has 32 heavy (non-hydrogen) atoms. The minimum Gasteiger partial charge on any atom is -0.458 e. The number of rotatable bonds is 5. The molecule has 5 rings (SSSR count). The molecule has 1 aliphatic heterocycles. The van der Waals surface area contributed by atoms with Crippen molar-refractivity contribution >= 4 is 40.0 Å². The average Bonchev–Trinajstić information content (AvgIpc) is 3.52. The van der Waals surface area contributed by atoms with Crippen molar-refractivity contribution < 1.29 is 18.8 Å². The summed E-state index contributed by atoms with van der Waals surface area (Å²) >= 11 is 1.46. The number of aromatic nitrogens is 2. The Hall–Kier alpha value is -3.72. The summed E-state index contributed by atoms with van der Waals surface area (Å²) < 4.78 is 7.73. The molecule has 162 valence electrons. The van der Waals surface area contributed by atoms with Gasteiger partial charge in [-0.1, -0.05) is 18.2 Å². The number of nitrogens with one attached hydrogen (secondary N) is 1. The third-order valence-electron chi connectivity index (χ3n) is 5.84. The van der Waals surface area contributed by atoms with Gasteiger partial charge in [0.05, 0.1) is 6.54 Å². The fourth-order valence-corrected chi connectivity index (χ4v) is 4.88. The van der Waals surface area contributed by atoms with E-state index in [1.165, 1.54) is 11.3 Å². The van der Waals surface area contributed by atoms with Crippen LogP contribution in [0.2, 0.25) is 0 Å². The van der Waals surface area contributed by atoms with Gasteiger partial charge in [0.2, 0.25) is 0 Å². The average molecular weight is 449 g/mol. The zero-order valence-corrected chi connectivity index (χ0v) is 18.5. The molecule has 4 heterocycles. The van der Waals surface area contributed by atoms with Crippen molar-refractivity contribution in [2.45, 2.75) is 26.3 Å². The van der Waals surface area contributed by atoms with E-state index >= 15 is 0 Å². The summed E-state index contributed by atoms with van der Waals surface area (Å²) in [5.41, 5.74) is 1.26. The van der Waals surface area contributed by atoms with Crippen molar-refractivity contribution in [3.05, 3.63) is 70.7 Å². The molecule has 1 saturated heterocycles. The number of Topliss-reactive ketones (excluding diaryl/α,β-unsaturated/α-hetero) is 1. The Bertz CT molecular complexity index is 1350. The van der Waals surface area contributed by atoms with Crippen LogP contribution in [0.3, 0.4) is 0 Å². The Labute approximate surface area is 187 Å². The summed E-state index contributed by atoms with van der Waals surface area (Å²) in [6.07, 6.45) is 1.70. The lowest BCUT2D eigenvalue weighted by Gasteiger charge is -2.18. The minimum atomic E-state index is -1.38. The van der Waals surface area contributed by atoms with Crippen LogP contribution < -0.4 is 5.32 Å². The summed E-state index contributed by atoms with van der Waals surface area (Å²) in [4.78, 5) is 44.3. The molecule has 3 amide bonds. The summed E-state index contributed by atoms with van der Waals surface area (Å²) in [6, 6.07) is 10.2. The lowest BCUT2D eigenvalue weighted by atomic mass is 9.98. The number of benzene rings is 1. The van der Waals surface area contributed by atoms with Crippen molar-refractivity contribution in [1.29, 1.82) is 0 Å². The van der Waals surface area contributed by atoms with Crippen LogP contribution in [0.1, 0.15) is 34.4 Å². The SMILES string of the molecule is Cc1cc(C(=O)CN2C(=O)NC(C)(c3cc4ccccc4o3)C2=O)c(C)n1-c1nccs1. The van der Waals surface area contributed by atoms with E-state index in [0.717, 1.165) is 26.8 Å². The highest BCUT2D eigenvalue weighted by molar-refractivity contribution is 7.12. The number of urea groups is 1. The Balaban J connectivity index is 1.43. The smallest absolute Gasteiger partial charge is 0.325 e. The lowest BCUT2D eigenvalue weighted by molar-refractivity contribution is -0.131. The van der Waals surface area contributed by atoms with Gasteiger partial charge in [-0.05, 0) is 39.0 Å². The molecule has 0 saturated carbocycles. The summed E-state index contributed by atoms with van der Waals surface area (Å²) in [7, 11) is 0. The molecule has 0 bridgehead atoms. The summed E-state index contributed by atoms with van der Waals surface area (Å²) in [6.45, 7) is 4.94. The summed E-state index contributed by atoms with van der Waals surface area (Å²) in [5.74, 6) is -0.518. The number of ketones is 1. The Kier molecular flexibility index (Phi) is 4.52. The van der Waals surface area contributed by atoms with Gasteiger partial charge in [-0.25, -0.2) is 9.78 Å². The largest absolute Gasteiger partial charge is 0.458 e. The number of hydrogen-bond acceptors (Lipinski definition) is 6. The molecule has 1 atom stereocenters. The minimum absolute atomic E-state index is 0.321. The number of para-hydroxylation sites is 1. The van der Waals surface area contributed by atoms with Crippen LogP contribution in [-0.2, 0) is 10.3 Å². The van der Waals surface area contributed by atoms with E-state index in [1.54, 1.807) is 31.3 Å². The molecule has 0 radical (unpaired) electrons. The van der Waals surface area contributed by atoms with Gasteiger partial charge in [-0.15, -0.1) is 11.3 Å². The first kappa shape index (κ1) is 20.2. The van der Waals surface area contributed by atoms with Crippen LogP contribution in [-0.4, -0.2) is 38.7 Å². The second kappa shape index (κ2) is 7.16. The maximum Gasteiger partial charge on any atom is 0.325 e. The number of amides is 3. The molecule has 1 N–H and O–H groups in total. The van der Waals surface area contributed by atoms with Crippen molar-refractivity contribution in [3.63, 3.8) is 0 Å². The predicted octanol–water partition coefficient (Wildman–Crippen LogP) is 3.95. The third-order valence-corrected chi connectivity index (χ3v) is 6.59. The molecule has 9 heteroatoms. The molecule has 1 fully saturated rings. The van der Waals surface area contributed by atoms with Crippen LogP contribution in [0, 0.1) is 13.8 Å². The highest BCUT2D eigenvalue weighted by Gasteiger charge is 2.51. The Morgan fingerprint density at radius 2 is 2.00 bits per heavy atom. The Morgan fingerprint density at radius 1 is 1.22 bits per heavy atom. The lowest BCUT2D eigenvalue weighted by Crippen LogP contribution is -2.41. The maximum absolute atomic E-state index is 13.2. The van der Waals surface area contributed by atoms with Crippen LogP contribution >= 0.6 is 11.3 Å². The molecule has 8 nitrogen and oxygen atoms in total. The summed E-state index contributed by atoms with van der Waals surface area (Å²) in [5, 5.41) is 6.14. The number of hydrogen-bond donors (Lipinski definition) is 1. The van der Waals surface area contributed by atoms with E-state index in [4.69, 9.17) is 4.42 Å². The van der Waals surface area contributed by atoms with Crippen LogP contribution in [0.5, 0.6) is 0 Å². The van der Waals surface area contributed by atoms with Crippen molar-refractivity contribution in [2.75, 3.05) is 6.54 Å². The molecule has 0 spiro atoms. The van der Waals surface area contributed by atoms with Gasteiger partial charge < -0.3 is 9.73 Å². The number of imide groups is 1. The molecule has 1 aliphatic rings. The maximum atomic E-state index is 13.2. The van der Waals surface area contributed by atoms with E-state index in [2.05, 4.69) is 10.3 Å². The van der Waals surface area contributed by atoms with Gasteiger partial charge in [-0.3, -0.25) is 19.1 Å². The molecule has 0 aliphatic carbocycles. The fourth-order valence-electron chi connectivity index (χ4n) is 4.13. The first-order chi connectivity index (χ1) is 15.3. The van der Waals surface area contributed by atoms with E-state index in [1.807, 2.05) is 42.0 Å². The van der Waals surface area contributed by atoms with E-state index in [9.17, 15) is 14.4 Å². The topological polar surface area (TPSA) is 97.4 Å². The second-order valence-electron chi connectivity index (χ2n) is 7.95. The molecule has 1 unspecified atom stereocenters. The molecular weight excluding hydrogens is 428 g/mol. The third kappa shape index (κ3) is 2.96. The molecule has 1 aromatic carbocycles. The van der Waals surface area contributed by atoms with Gasteiger partial charge in [0, 0.05) is 33.9 Å². The monoisotopic (exact) mass is 448 g/mol. The first-order valence-corrected chi connectivity index (χ1v) is 10.9. The number of carbonyl (C=O) groups excluding carboxylic acids is 3. The number of fused-ring (bicyclic) bond motifs is 1. The normalized spacial score (nSPS) is 18.5. The zero-order chi connectivity index (χ0) is 22.6. The molecule has 4 aromatic rings. The van der Waals surface area contributed by atoms with E-state index in [-0.39, 0.29) is 12.3 Å². The number of aryl methyl sites for hydroxylation is 1. The van der Waals surface area contributed by atoms with Crippen LogP contribution in [0.4, 0.5) is 4.79 Å². The highest BCUT2D eigenvalue weighted by Crippen LogP contribution is 2.33. The van der Waals surface area contributed by atoms with Crippen molar-refractivity contribution in [1.82, 2.24) is 19.8 Å². The van der Waals surface area contributed by atoms with Crippen LogP contribution in [0.15, 0.2) is 52.4 Å². The van der Waals surface area contributed by atoms with E-state index in [0.29, 0.717) is 16.9 Å². The molecule has 3 aromatic heterocycles. The molecular formula is C23H20N4O4S. The number of nitrogens with zero attached hydrogens (tertiary/aromatic N) is 3. The van der Waals surface area contributed by atoms with Crippen molar-refractivity contribution in [2.24, 2.45) is 0 Å². The van der Waals surface area contributed by atoms with Gasteiger partial charge >= 0.3 is 6.03 Å². The van der Waals surface area contributed by atoms with Gasteiger partial charge in [0.1, 0.15) is 11.3 Å². The van der Waals surface area contributed by atoms with E-state index < -0.39 is 17.5 Å². The van der Waals surface area contributed by atoms with Gasteiger partial charge in [0.15, 0.2) is 16.5 Å². The van der Waals surface area contributed by atoms with Gasteiger partial charge in [0.25, 0.3) is 5.91 Å². The Morgan fingerprint density at radius 3 is 2.72 bits per heavy atom. The number of furan rings is 1. The first-order valence-electron chi connectivity index (χ1n) is 10.0. The number of carbonyl (C=O) groups is 3. The zero-order valence-electron chi connectivity index (χ0n) is 17.7. The highest BCUT2D eigenvalue weighted by atomic mass is 32.1. The van der Waals surface area contributed by atoms with Crippen LogP contribution in [0.25, 0.3) is 16.1 Å².